The van der Waals surface area contributed by atoms with Crippen LogP contribution < -0.4 is 5.32 Å². The largest absolute Gasteiger partial charge is 0.370 e. The predicted octanol–water partition coefficient (Wildman–Crippen LogP) is 4.67. The van der Waals surface area contributed by atoms with Gasteiger partial charge in [-0.15, -0.1) is 0 Å². The fraction of sp³-hybridized carbons (Fsp3) is 0.231. The van der Waals surface area contributed by atoms with Crippen molar-refractivity contribution >= 4 is 40.8 Å². The number of rotatable bonds is 4. The molecule has 100 valence electrons. The van der Waals surface area contributed by atoms with E-state index in [0.29, 0.717) is 10.0 Å². The van der Waals surface area contributed by atoms with E-state index in [-0.39, 0.29) is 0 Å². The summed E-state index contributed by atoms with van der Waals surface area (Å²) in [5, 5.41) is 5.16. The van der Waals surface area contributed by atoms with Gasteiger partial charge in [0.25, 0.3) is 0 Å². The molecule has 0 aliphatic carbocycles. The van der Waals surface area contributed by atoms with Crippen LogP contribution in [0, 0.1) is 6.92 Å². The van der Waals surface area contributed by atoms with E-state index < -0.39 is 0 Å². The summed E-state index contributed by atoms with van der Waals surface area (Å²) in [6, 6.07) is 7.46. The Bertz CT molecular complexity index is 590. The Kier molecular flexibility index (Phi) is 4.91. The first-order valence-corrected chi connectivity index (χ1v) is 7.38. The fourth-order valence-electron chi connectivity index (χ4n) is 1.53. The molecule has 0 saturated heterocycles. The monoisotopic (exact) mass is 313 g/mol. The quantitative estimate of drug-likeness (QED) is 0.832. The van der Waals surface area contributed by atoms with Gasteiger partial charge in [-0.2, -0.15) is 0 Å². The molecule has 0 aliphatic rings. The summed E-state index contributed by atoms with van der Waals surface area (Å²) in [6.07, 6.45) is 0. The van der Waals surface area contributed by atoms with E-state index in [1.165, 1.54) is 11.8 Å². The minimum atomic E-state index is 0.546. The topological polar surface area (TPSA) is 37.8 Å². The second-order valence-electron chi connectivity index (χ2n) is 3.85. The molecular formula is C13H13Cl2N3S. The van der Waals surface area contributed by atoms with Gasteiger partial charge in [0, 0.05) is 17.5 Å². The molecular weight excluding hydrogens is 301 g/mol. The molecule has 0 fully saturated rings. The molecule has 1 heterocycles. The van der Waals surface area contributed by atoms with Crippen LogP contribution in [0.1, 0.15) is 12.7 Å². The average molecular weight is 314 g/mol. The Hall–Kier alpha value is -0.970. The summed E-state index contributed by atoms with van der Waals surface area (Å²) in [5.74, 6) is 1.57. The number of hydrogen-bond acceptors (Lipinski definition) is 4. The van der Waals surface area contributed by atoms with Gasteiger partial charge in [-0.1, -0.05) is 35.0 Å². The first kappa shape index (κ1) is 14.4. The maximum absolute atomic E-state index is 6.00. The molecule has 0 amide bonds. The second-order valence-corrected chi connectivity index (χ2v) is 5.76. The van der Waals surface area contributed by atoms with Gasteiger partial charge in [0.1, 0.15) is 16.7 Å². The molecule has 6 heteroatoms. The van der Waals surface area contributed by atoms with E-state index in [0.717, 1.165) is 28.1 Å². The van der Waals surface area contributed by atoms with E-state index in [1.807, 2.05) is 32.0 Å². The summed E-state index contributed by atoms with van der Waals surface area (Å²) >= 11 is 13.4. The minimum absolute atomic E-state index is 0.546. The first-order chi connectivity index (χ1) is 9.08. The predicted molar refractivity (Wildman–Crippen MR) is 81.5 cm³/mol. The van der Waals surface area contributed by atoms with Crippen LogP contribution in [0.4, 0.5) is 5.82 Å². The zero-order valence-corrected chi connectivity index (χ0v) is 12.9. The number of nitrogens with zero attached hydrogens (tertiary/aromatic N) is 2. The third-order valence-electron chi connectivity index (χ3n) is 2.29. The van der Waals surface area contributed by atoms with Crippen LogP contribution in [-0.2, 0) is 0 Å². The average Bonchev–Trinajstić information content (AvgIpc) is 2.33. The van der Waals surface area contributed by atoms with Gasteiger partial charge in [-0.25, -0.2) is 9.97 Å². The van der Waals surface area contributed by atoms with Crippen molar-refractivity contribution in [2.45, 2.75) is 23.8 Å². The van der Waals surface area contributed by atoms with Gasteiger partial charge in [0.15, 0.2) is 0 Å². The molecule has 3 nitrogen and oxygen atoms in total. The van der Waals surface area contributed by atoms with Crippen LogP contribution in [0.3, 0.4) is 0 Å². The SMILES string of the molecule is CCNc1cc(Sc2ccc(Cl)c(Cl)c2)nc(C)n1. The standard InChI is InChI=1S/C13H13Cl2N3S/c1-3-16-12-7-13(18-8(2)17-12)19-9-4-5-10(14)11(15)6-9/h4-7H,3H2,1-2H3,(H,16,17,18). The van der Waals surface area contributed by atoms with Crippen LogP contribution in [0.15, 0.2) is 34.2 Å². The lowest BCUT2D eigenvalue weighted by Gasteiger charge is -2.07. The normalized spacial score (nSPS) is 10.5. The fourth-order valence-corrected chi connectivity index (χ4v) is 2.79. The highest BCUT2D eigenvalue weighted by atomic mass is 35.5. The van der Waals surface area contributed by atoms with E-state index >= 15 is 0 Å². The van der Waals surface area contributed by atoms with Gasteiger partial charge < -0.3 is 5.32 Å². The van der Waals surface area contributed by atoms with Crippen LogP contribution in [0.25, 0.3) is 0 Å². The molecule has 19 heavy (non-hydrogen) atoms. The Morgan fingerprint density at radius 2 is 1.95 bits per heavy atom. The van der Waals surface area contributed by atoms with Crippen molar-refractivity contribution in [1.29, 1.82) is 0 Å². The maximum atomic E-state index is 6.00. The van der Waals surface area contributed by atoms with Gasteiger partial charge >= 0.3 is 0 Å². The molecule has 2 aromatic rings. The van der Waals surface area contributed by atoms with E-state index in [4.69, 9.17) is 23.2 Å². The summed E-state index contributed by atoms with van der Waals surface area (Å²) in [4.78, 5) is 9.71. The van der Waals surface area contributed by atoms with Gasteiger partial charge in [-0.05, 0) is 32.0 Å². The Morgan fingerprint density at radius 3 is 2.63 bits per heavy atom. The minimum Gasteiger partial charge on any atom is -0.370 e. The van der Waals surface area contributed by atoms with Crippen LogP contribution >= 0.6 is 35.0 Å². The maximum Gasteiger partial charge on any atom is 0.130 e. The number of aromatic nitrogens is 2. The van der Waals surface area contributed by atoms with Gasteiger partial charge in [0.2, 0.25) is 0 Å². The molecule has 0 atom stereocenters. The highest BCUT2D eigenvalue weighted by Crippen LogP contribution is 2.32. The van der Waals surface area contributed by atoms with Crippen molar-refractivity contribution in [3.8, 4) is 0 Å². The molecule has 0 bridgehead atoms. The first-order valence-electron chi connectivity index (χ1n) is 5.81. The summed E-state index contributed by atoms with van der Waals surface area (Å²) in [6.45, 7) is 4.73. The third-order valence-corrected chi connectivity index (χ3v) is 3.93. The molecule has 1 aromatic carbocycles. The lowest BCUT2D eigenvalue weighted by molar-refractivity contribution is 0.960. The molecule has 2 rings (SSSR count). The highest BCUT2D eigenvalue weighted by molar-refractivity contribution is 7.99. The smallest absolute Gasteiger partial charge is 0.130 e. The zero-order valence-electron chi connectivity index (χ0n) is 10.6. The van der Waals surface area contributed by atoms with Crippen LogP contribution in [0.5, 0.6) is 0 Å². The number of benzene rings is 1. The molecule has 0 unspecified atom stereocenters. The van der Waals surface area contributed by atoms with E-state index in [2.05, 4.69) is 15.3 Å². The van der Waals surface area contributed by atoms with Crippen LogP contribution in [-0.4, -0.2) is 16.5 Å². The lowest BCUT2D eigenvalue weighted by Crippen LogP contribution is -2.02. The molecule has 1 aromatic heterocycles. The van der Waals surface area contributed by atoms with E-state index in [9.17, 15) is 0 Å². The molecule has 0 aliphatic heterocycles. The Balaban J connectivity index is 2.24. The number of aryl methyl sites for hydroxylation is 1. The Morgan fingerprint density at radius 1 is 1.16 bits per heavy atom. The number of anilines is 1. The van der Waals surface area contributed by atoms with Crippen molar-refractivity contribution in [1.82, 2.24) is 9.97 Å². The molecule has 0 saturated carbocycles. The van der Waals surface area contributed by atoms with Gasteiger partial charge in [0.05, 0.1) is 10.0 Å². The number of halogens is 2. The summed E-state index contributed by atoms with van der Waals surface area (Å²) in [5.41, 5.74) is 0. The van der Waals surface area contributed by atoms with Crippen LogP contribution in [0.2, 0.25) is 10.0 Å². The second kappa shape index (κ2) is 6.46. The number of nitrogens with one attached hydrogen (secondary N) is 1. The van der Waals surface area contributed by atoms with Crippen molar-refractivity contribution in [3.63, 3.8) is 0 Å². The number of hydrogen-bond donors (Lipinski definition) is 1. The molecule has 0 radical (unpaired) electrons. The van der Waals surface area contributed by atoms with Gasteiger partial charge in [-0.3, -0.25) is 0 Å². The Labute approximate surface area is 126 Å². The summed E-state index contributed by atoms with van der Waals surface area (Å²) in [7, 11) is 0. The van der Waals surface area contributed by atoms with Crippen molar-refractivity contribution in [3.05, 3.63) is 40.1 Å². The van der Waals surface area contributed by atoms with Crippen molar-refractivity contribution in [2.24, 2.45) is 0 Å². The summed E-state index contributed by atoms with van der Waals surface area (Å²) < 4.78 is 0. The molecule has 0 spiro atoms. The molecule has 1 N–H and O–H groups in total. The third kappa shape index (κ3) is 4.00. The van der Waals surface area contributed by atoms with Crippen molar-refractivity contribution in [2.75, 3.05) is 11.9 Å². The zero-order chi connectivity index (χ0) is 13.8. The van der Waals surface area contributed by atoms with E-state index in [1.54, 1.807) is 6.07 Å². The lowest BCUT2D eigenvalue weighted by atomic mass is 10.4. The van der Waals surface area contributed by atoms with Crippen molar-refractivity contribution < 1.29 is 0 Å². The highest BCUT2D eigenvalue weighted by Gasteiger charge is 2.05.